The first-order valence-corrected chi connectivity index (χ1v) is 7.82. The number of hydrogen-bond acceptors (Lipinski definition) is 3. The third kappa shape index (κ3) is 2.49. The van der Waals surface area contributed by atoms with Crippen LogP contribution < -0.4 is 0 Å². The van der Waals surface area contributed by atoms with Crippen molar-refractivity contribution in [1.29, 1.82) is 0 Å². The molecule has 0 atom stereocenters. The van der Waals surface area contributed by atoms with Crippen molar-refractivity contribution in [2.45, 2.75) is 13.8 Å². The van der Waals surface area contributed by atoms with Gasteiger partial charge in [-0.3, -0.25) is 9.36 Å². The van der Waals surface area contributed by atoms with Gasteiger partial charge < -0.3 is 4.74 Å². The lowest BCUT2D eigenvalue weighted by Gasteiger charge is -2.09. The van der Waals surface area contributed by atoms with E-state index in [9.17, 15) is 9.59 Å². The summed E-state index contributed by atoms with van der Waals surface area (Å²) in [5.74, 6) is -0.742. The number of ether oxygens (including phenoxy) is 1. The molecule has 0 spiro atoms. The summed E-state index contributed by atoms with van der Waals surface area (Å²) in [5, 5.41) is 1.07. The number of carbonyl (C=O) groups is 2. The van der Waals surface area contributed by atoms with Crippen molar-refractivity contribution >= 4 is 34.4 Å². The number of fused-ring (bicyclic) bond motifs is 1. The van der Waals surface area contributed by atoms with Gasteiger partial charge in [-0.15, -0.1) is 0 Å². The smallest absolute Gasteiger partial charge is 0.340 e. The van der Waals surface area contributed by atoms with Gasteiger partial charge in [-0.25, -0.2) is 4.79 Å². The summed E-state index contributed by atoms with van der Waals surface area (Å²) < 4.78 is 6.39. The van der Waals surface area contributed by atoms with E-state index in [1.54, 1.807) is 31.2 Å². The normalized spacial score (nSPS) is 10.8. The van der Waals surface area contributed by atoms with Crippen molar-refractivity contribution < 1.29 is 14.3 Å². The van der Waals surface area contributed by atoms with Crippen LogP contribution in [0.3, 0.4) is 0 Å². The fourth-order valence-corrected chi connectivity index (χ4v) is 3.22. The minimum absolute atomic E-state index is 0.274. The highest BCUT2D eigenvalue weighted by Gasteiger charge is 2.24. The Kier molecular flexibility index (Phi) is 4.16. The van der Waals surface area contributed by atoms with Crippen LogP contribution in [0, 0.1) is 13.8 Å². The first kappa shape index (κ1) is 16.3. The highest BCUT2D eigenvalue weighted by molar-refractivity contribution is 6.34. The van der Waals surface area contributed by atoms with Crippen molar-refractivity contribution in [1.82, 2.24) is 4.57 Å². The third-order valence-electron chi connectivity index (χ3n) is 4.06. The predicted octanol–water partition coefficient (Wildman–Crippen LogP) is 4.39. The van der Waals surface area contributed by atoms with E-state index < -0.39 is 5.97 Å². The second-order valence-electron chi connectivity index (χ2n) is 5.59. The maximum Gasteiger partial charge on any atom is 0.340 e. The number of rotatable bonds is 2. The molecule has 0 aliphatic rings. The van der Waals surface area contributed by atoms with Crippen molar-refractivity contribution in [2.24, 2.45) is 0 Å². The van der Waals surface area contributed by atoms with Gasteiger partial charge in [0.2, 0.25) is 0 Å². The fourth-order valence-electron chi connectivity index (χ4n) is 2.90. The quantitative estimate of drug-likeness (QED) is 0.650. The van der Waals surface area contributed by atoms with Crippen LogP contribution in [-0.4, -0.2) is 23.6 Å². The van der Waals surface area contributed by atoms with Crippen molar-refractivity contribution in [3.05, 3.63) is 69.9 Å². The number of hydrogen-bond donors (Lipinski definition) is 0. The van der Waals surface area contributed by atoms with E-state index in [4.69, 9.17) is 16.3 Å². The number of aromatic nitrogens is 1. The molecule has 0 unspecified atom stereocenters. The van der Waals surface area contributed by atoms with E-state index in [-0.39, 0.29) is 5.91 Å². The van der Waals surface area contributed by atoms with Crippen LogP contribution in [0.2, 0.25) is 5.02 Å². The molecule has 2 aromatic carbocycles. The molecule has 0 saturated carbocycles. The molecule has 0 aliphatic heterocycles. The molecule has 0 radical (unpaired) electrons. The second kappa shape index (κ2) is 6.13. The van der Waals surface area contributed by atoms with Gasteiger partial charge >= 0.3 is 5.97 Å². The van der Waals surface area contributed by atoms with Crippen LogP contribution in [0.1, 0.15) is 32.0 Å². The highest BCUT2D eigenvalue weighted by Crippen LogP contribution is 2.29. The van der Waals surface area contributed by atoms with Gasteiger partial charge in [-0.1, -0.05) is 35.9 Å². The van der Waals surface area contributed by atoms with Crippen molar-refractivity contribution in [2.75, 3.05) is 7.11 Å². The van der Waals surface area contributed by atoms with Gasteiger partial charge in [0.25, 0.3) is 5.91 Å². The van der Waals surface area contributed by atoms with Gasteiger partial charge in [-0.05, 0) is 37.6 Å². The molecule has 5 heteroatoms. The molecular weight excluding hydrogens is 326 g/mol. The summed E-state index contributed by atoms with van der Waals surface area (Å²) in [6.45, 7) is 3.64. The van der Waals surface area contributed by atoms with Gasteiger partial charge in [-0.2, -0.15) is 0 Å². The summed E-state index contributed by atoms with van der Waals surface area (Å²) in [7, 11) is 1.33. The highest BCUT2D eigenvalue weighted by atomic mass is 35.5. The largest absolute Gasteiger partial charge is 0.465 e. The lowest BCUT2D eigenvalue weighted by Crippen LogP contribution is -2.15. The monoisotopic (exact) mass is 341 g/mol. The number of benzene rings is 2. The van der Waals surface area contributed by atoms with E-state index in [0.717, 1.165) is 5.56 Å². The molecule has 3 rings (SSSR count). The van der Waals surface area contributed by atoms with Crippen molar-refractivity contribution in [3.8, 4) is 0 Å². The Morgan fingerprint density at radius 1 is 1.08 bits per heavy atom. The number of nitrogens with zero attached hydrogens (tertiary/aromatic N) is 1. The van der Waals surface area contributed by atoms with Crippen LogP contribution in [0.4, 0.5) is 0 Å². The first-order chi connectivity index (χ1) is 11.5. The minimum atomic E-state index is -0.467. The van der Waals surface area contributed by atoms with Gasteiger partial charge in [0.1, 0.15) is 0 Å². The number of para-hydroxylation sites is 1. The molecule has 0 saturated heterocycles. The average molecular weight is 342 g/mol. The lowest BCUT2D eigenvalue weighted by molar-refractivity contribution is 0.0602. The second-order valence-corrected chi connectivity index (χ2v) is 6.00. The van der Waals surface area contributed by atoms with E-state index in [2.05, 4.69) is 0 Å². The van der Waals surface area contributed by atoms with Crippen LogP contribution in [0.25, 0.3) is 10.9 Å². The number of esters is 1. The Labute approximate surface area is 144 Å². The SMILES string of the molecule is COC(=O)c1c(C)n(C(=O)c2ccc(C)cc2Cl)c2ccccc12. The van der Waals surface area contributed by atoms with Gasteiger partial charge in [0, 0.05) is 11.1 Å². The van der Waals surface area contributed by atoms with E-state index in [1.807, 2.05) is 25.1 Å². The maximum atomic E-state index is 13.1. The predicted molar refractivity (Wildman–Crippen MR) is 93.9 cm³/mol. The van der Waals surface area contributed by atoms with Gasteiger partial charge in [0.05, 0.1) is 28.8 Å². The zero-order chi connectivity index (χ0) is 17.4. The topological polar surface area (TPSA) is 48.3 Å². The Hall–Kier alpha value is -2.59. The molecule has 1 heterocycles. The van der Waals surface area contributed by atoms with Crippen molar-refractivity contribution in [3.63, 3.8) is 0 Å². The molecule has 0 amide bonds. The molecule has 1 aromatic heterocycles. The average Bonchev–Trinajstić information content (AvgIpc) is 2.85. The van der Waals surface area contributed by atoms with Crippen LogP contribution in [-0.2, 0) is 4.74 Å². The molecule has 0 bridgehead atoms. The Morgan fingerprint density at radius 2 is 1.79 bits per heavy atom. The summed E-state index contributed by atoms with van der Waals surface area (Å²) in [6, 6.07) is 12.5. The van der Waals surface area contributed by atoms with Crippen LogP contribution in [0.5, 0.6) is 0 Å². The third-order valence-corrected chi connectivity index (χ3v) is 4.37. The zero-order valence-corrected chi connectivity index (χ0v) is 14.3. The molecule has 0 N–H and O–H groups in total. The fraction of sp³-hybridized carbons (Fsp3) is 0.158. The molecule has 4 nitrogen and oxygen atoms in total. The number of methoxy groups -OCH3 is 1. The summed E-state index contributed by atoms with van der Waals surface area (Å²) in [5.41, 5.74) is 2.94. The number of halogens is 1. The zero-order valence-electron chi connectivity index (χ0n) is 13.6. The lowest BCUT2D eigenvalue weighted by atomic mass is 10.1. The van der Waals surface area contributed by atoms with Crippen LogP contribution in [0.15, 0.2) is 42.5 Å². The molecule has 24 heavy (non-hydrogen) atoms. The first-order valence-electron chi connectivity index (χ1n) is 7.45. The minimum Gasteiger partial charge on any atom is -0.465 e. The van der Waals surface area contributed by atoms with Gasteiger partial charge in [0.15, 0.2) is 0 Å². The molecular formula is C19H16ClNO3. The molecule has 0 fully saturated rings. The number of aryl methyl sites for hydroxylation is 1. The van der Waals surface area contributed by atoms with E-state index >= 15 is 0 Å². The summed E-state index contributed by atoms with van der Waals surface area (Å²) in [6.07, 6.45) is 0. The Morgan fingerprint density at radius 3 is 2.46 bits per heavy atom. The molecule has 3 aromatic rings. The Bertz CT molecular complexity index is 972. The summed E-state index contributed by atoms with van der Waals surface area (Å²) >= 11 is 6.25. The van der Waals surface area contributed by atoms with E-state index in [1.165, 1.54) is 11.7 Å². The summed E-state index contributed by atoms with van der Waals surface area (Å²) in [4.78, 5) is 25.2. The molecule has 122 valence electrons. The standard InChI is InChI=1S/C19H16ClNO3/c1-11-8-9-13(15(20)10-11)18(22)21-12(2)17(19(23)24-3)14-6-4-5-7-16(14)21/h4-10H,1-3H3. The molecule has 0 aliphatic carbocycles. The Balaban J connectivity index is 2.28. The number of carbonyl (C=O) groups excluding carboxylic acids is 2. The maximum absolute atomic E-state index is 13.1. The van der Waals surface area contributed by atoms with E-state index in [0.29, 0.717) is 32.7 Å². The van der Waals surface area contributed by atoms with Crippen LogP contribution >= 0.6 is 11.6 Å².